The van der Waals surface area contributed by atoms with Crippen molar-refractivity contribution >= 4 is 278 Å². The molecule has 68 heavy (non-hydrogen) atoms. The molecule has 4 nitrogen and oxygen atoms in total. The number of benzene rings is 4. The molecular formula is C44H10Cl20N4. The summed E-state index contributed by atoms with van der Waals surface area (Å²) in [6.45, 7) is 0. The Morgan fingerprint density at radius 2 is 0.632 bits per heavy atom. The normalized spacial score (nSPS) is 12.4. The predicted octanol–water partition coefficient (Wildman–Crippen LogP) is 24.1. The highest BCUT2D eigenvalue weighted by atomic mass is 35.5. The molecule has 2 N–H and O–H groups in total. The summed E-state index contributed by atoms with van der Waals surface area (Å²) < 4.78 is 0. The Kier molecular flexibility index (Phi) is 15.2. The Labute approximate surface area is 484 Å². The fraction of sp³-hybridized carbons (Fsp3) is 0. The molecule has 0 fully saturated rings. The first kappa shape index (κ1) is 52.2. The lowest BCUT2D eigenvalue weighted by molar-refractivity contribution is 1.30. The van der Waals surface area contributed by atoms with Gasteiger partial charge < -0.3 is 9.97 Å². The second-order valence-corrected chi connectivity index (χ2v) is 21.9. The number of H-pyrrole nitrogens is 2. The molecule has 0 amide bonds. The molecule has 0 saturated heterocycles. The van der Waals surface area contributed by atoms with Gasteiger partial charge in [-0.2, -0.15) is 0 Å². The monoisotopic (exact) mass is 1290 g/mol. The Morgan fingerprint density at radius 3 is 1.06 bits per heavy atom. The van der Waals surface area contributed by atoms with Crippen LogP contribution >= 0.6 is 232 Å². The maximum Gasteiger partial charge on any atom is 0.0817 e. The van der Waals surface area contributed by atoms with Crippen LogP contribution in [0.15, 0.2) is 30.3 Å². The summed E-state index contributed by atoms with van der Waals surface area (Å²) in [5, 5.41) is -3.61. The first-order valence-corrected chi connectivity index (χ1v) is 25.9. The van der Waals surface area contributed by atoms with Gasteiger partial charge in [-0.25, -0.2) is 9.97 Å². The minimum atomic E-state index is -0.225. The van der Waals surface area contributed by atoms with E-state index in [1.165, 1.54) is 0 Å². The minimum absolute atomic E-state index is 0.00328. The van der Waals surface area contributed by atoms with Crippen LogP contribution in [0.2, 0.25) is 100 Å². The third kappa shape index (κ3) is 8.58. The number of aromatic nitrogens is 4. The van der Waals surface area contributed by atoms with Gasteiger partial charge in [0.05, 0.1) is 129 Å². The lowest BCUT2D eigenvalue weighted by Gasteiger charge is -2.20. The lowest BCUT2D eigenvalue weighted by Crippen LogP contribution is -1.98. The Balaban J connectivity index is 1.70. The van der Waals surface area contributed by atoms with Crippen molar-refractivity contribution in [2.24, 2.45) is 0 Å². The van der Waals surface area contributed by atoms with E-state index < -0.39 is 0 Å². The van der Waals surface area contributed by atoms with Crippen molar-refractivity contribution in [3.8, 4) is 33.4 Å². The molecule has 5 heterocycles. The number of nitrogens with one attached hydrogen (secondary N) is 2. The van der Waals surface area contributed by atoms with Gasteiger partial charge >= 0.3 is 0 Å². The van der Waals surface area contributed by atoms with Crippen LogP contribution < -0.4 is 0 Å². The van der Waals surface area contributed by atoms with Gasteiger partial charge in [0.25, 0.3) is 0 Å². The fourth-order valence-corrected chi connectivity index (χ4v) is 12.8. The Morgan fingerprint density at radius 1 is 0.294 bits per heavy atom. The van der Waals surface area contributed by atoms with Crippen LogP contribution in [0.25, 0.3) is 79.2 Å². The van der Waals surface area contributed by atoms with Crippen molar-refractivity contribution in [1.29, 1.82) is 0 Å². The van der Waals surface area contributed by atoms with Crippen LogP contribution in [-0.2, 0) is 0 Å². The van der Waals surface area contributed by atoms with E-state index in [2.05, 4.69) is 9.97 Å². The summed E-state index contributed by atoms with van der Waals surface area (Å²) in [5.41, 5.74) is 2.96. The molecule has 24 heteroatoms. The van der Waals surface area contributed by atoms with E-state index in [-0.39, 0.29) is 162 Å². The van der Waals surface area contributed by atoms with E-state index >= 15 is 0 Å². The number of halogens is 20. The molecule has 2 aliphatic rings. The van der Waals surface area contributed by atoms with Crippen molar-refractivity contribution in [1.82, 2.24) is 19.9 Å². The number of hydrogen-bond donors (Lipinski definition) is 2. The topological polar surface area (TPSA) is 57.4 Å². The molecule has 4 aromatic carbocycles. The molecule has 0 saturated carbocycles. The molecule has 0 atom stereocenters. The van der Waals surface area contributed by atoms with Crippen molar-refractivity contribution in [3.63, 3.8) is 0 Å². The molecule has 346 valence electrons. The van der Waals surface area contributed by atoms with E-state index in [1.54, 1.807) is 30.4 Å². The third-order valence-corrected chi connectivity index (χ3v) is 19.6. The summed E-state index contributed by atoms with van der Waals surface area (Å²) in [5.74, 6) is 0. The minimum Gasteiger partial charge on any atom is -0.355 e. The SMILES string of the molecule is Clc1c(Cl)c(Cl)c(C2=Cc3cc4ccc(cc5nc(cc6[nH]c(c(-c7c(Cl)c(Cl)c(Cl)c(Cl)c7Cl)c2n3)c(-c2c(Cl)c(Cl)c(Cl)c(Cl)c2Cl)c6-c2c(Cl)c(Cl)c(Cl)c(Cl)c2Cl)C=C5)[nH]4)c(Cl)c1Cl. The van der Waals surface area contributed by atoms with Gasteiger partial charge in [0.15, 0.2) is 0 Å². The van der Waals surface area contributed by atoms with Gasteiger partial charge in [-0.05, 0) is 48.6 Å². The molecular weight excluding hydrogens is 1290 g/mol. The van der Waals surface area contributed by atoms with Crippen molar-refractivity contribution in [2.75, 3.05) is 0 Å². The van der Waals surface area contributed by atoms with Gasteiger partial charge in [0.2, 0.25) is 0 Å². The zero-order valence-electron chi connectivity index (χ0n) is 32.1. The van der Waals surface area contributed by atoms with Crippen molar-refractivity contribution in [3.05, 3.63) is 159 Å². The molecule has 2 aliphatic heterocycles. The van der Waals surface area contributed by atoms with E-state index in [0.29, 0.717) is 28.1 Å². The first-order valence-electron chi connectivity index (χ1n) is 18.3. The van der Waals surface area contributed by atoms with Crippen LogP contribution in [-0.4, -0.2) is 19.9 Å². The number of nitrogens with zero attached hydrogens (tertiary/aromatic N) is 2. The van der Waals surface area contributed by atoms with Crippen LogP contribution in [0.4, 0.5) is 0 Å². The average Bonchev–Trinajstić information content (AvgIpc) is 4.13. The van der Waals surface area contributed by atoms with Gasteiger partial charge in [-0.3, -0.25) is 0 Å². The molecule has 8 bridgehead atoms. The van der Waals surface area contributed by atoms with Crippen LogP contribution in [0.5, 0.6) is 0 Å². The highest BCUT2D eigenvalue weighted by Gasteiger charge is 2.36. The summed E-state index contributed by atoms with van der Waals surface area (Å²) in [6, 6.07) is 8.89. The van der Waals surface area contributed by atoms with E-state index in [0.717, 1.165) is 0 Å². The maximum atomic E-state index is 7.30. The summed E-state index contributed by atoms with van der Waals surface area (Å²) in [4.78, 5) is 16.9. The highest BCUT2D eigenvalue weighted by molar-refractivity contribution is 6.61. The molecule has 0 aliphatic carbocycles. The van der Waals surface area contributed by atoms with Crippen molar-refractivity contribution < 1.29 is 0 Å². The van der Waals surface area contributed by atoms with Crippen molar-refractivity contribution in [2.45, 2.75) is 0 Å². The smallest absolute Gasteiger partial charge is 0.0817 e. The molecule has 3 aromatic heterocycles. The highest BCUT2D eigenvalue weighted by Crippen LogP contribution is 2.60. The standard InChI is InChI=1S/C44H10Cl20N4/c45-23-16(24(46)32(54)39(61)31(23)53)14-7-13-6-11-2-1-9(65-11)5-10-3-4-12(66-10)8-15-17(19-25(47)33(55)40(62)34(56)26(19)48)18(20-27(49)35(57)41(63)36(58)28(20)50)44(68-15)22(43(14)67-13)21-29(51)37(59)42(64)38(60)30(21)52/h1-8,65,68H. The fourth-order valence-electron chi connectivity index (χ4n) is 7.51. The van der Waals surface area contributed by atoms with Gasteiger partial charge in [0, 0.05) is 61.1 Å². The quantitative estimate of drug-likeness (QED) is 0.136. The van der Waals surface area contributed by atoms with E-state index in [1.807, 2.05) is 18.2 Å². The second-order valence-electron chi connectivity index (χ2n) is 14.4. The first-order chi connectivity index (χ1) is 32.0. The predicted molar refractivity (Wildman–Crippen MR) is 300 cm³/mol. The number of hydrogen-bond acceptors (Lipinski definition) is 2. The number of fused-ring (bicyclic) bond motifs is 8. The number of rotatable bonds is 4. The third-order valence-electron chi connectivity index (χ3n) is 10.5. The molecule has 7 aromatic rings. The molecule has 0 spiro atoms. The van der Waals surface area contributed by atoms with E-state index in [9.17, 15) is 0 Å². The van der Waals surface area contributed by atoms with Crippen LogP contribution in [0, 0.1) is 0 Å². The Hall–Kier alpha value is -0.720. The Bertz CT molecular complexity index is 3590. The van der Waals surface area contributed by atoms with Crippen LogP contribution in [0.3, 0.4) is 0 Å². The molecule has 9 rings (SSSR count). The van der Waals surface area contributed by atoms with Crippen LogP contribution in [0.1, 0.15) is 28.3 Å². The largest absolute Gasteiger partial charge is 0.355 e. The van der Waals surface area contributed by atoms with Gasteiger partial charge in [-0.1, -0.05) is 232 Å². The summed E-state index contributed by atoms with van der Waals surface area (Å²) in [6.07, 6.45) is 5.20. The summed E-state index contributed by atoms with van der Waals surface area (Å²) >= 11 is 139. The van der Waals surface area contributed by atoms with Gasteiger partial charge in [0.1, 0.15) is 0 Å². The summed E-state index contributed by atoms with van der Waals surface area (Å²) in [7, 11) is 0. The maximum absolute atomic E-state index is 7.30. The second kappa shape index (κ2) is 19.9. The lowest BCUT2D eigenvalue weighted by atomic mass is 9.90. The average molecular weight is 1300 g/mol. The van der Waals surface area contributed by atoms with Gasteiger partial charge in [-0.15, -0.1) is 0 Å². The zero-order valence-corrected chi connectivity index (χ0v) is 47.2. The molecule has 0 unspecified atom stereocenters. The molecule has 0 radical (unpaired) electrons. The zero-order chi connectivity index (χ0) is 49.3. The van der Waals surface area contributed by atoms with E-state index in [4.69, 9.17) is 242 Å². The number of aromatic amines is 2.